The lowest BCUT2D eigenvalue weighted by atomic mass is 9.70. The molecular weight excluding hydrogens is 240 g/mol. The van der Waals surface area contributed by atoms with Crippen LogP contribution in [0.4, 0.5) is 0 Å². The highest BCUT2D eigenvalue weighted by Gasteiger charge is 2.62. The normalized spacial score (nSPS) is 35.3. The van der Waals surface area contributed by atoms with Crippen LogP contribution in [0.2, 0.25) is 0 Å². The number of fused-ring (bicyclic) bond motifs is 2. The summed E-state index contributed by atoms with van der Waals surface area (Å²) >= 11 is 0. The van der Waals surface area contributed by atoms with Crippen molar-refractivity contribution in [3.63, 3.8) is 0 Å². The van der Waals surface area contributed by atoms with E-state index in [0.29, 0.717) is 11.5 Å². The molecule has 0 aromatic carbocycles. The van der Waals surface area contributed by atoms with Crippen molar-refractivity contribution in [1.82, 2.24) is 10.2 Å². The van der Waals surface area contributed by atoms with Crippen LogP contribution in [-0.4, -0.2) is 22.3 Å². The fourth-order valence-electron chi connectivity index (χ4n) is 3.92. The standard InChI is InChI=1S/C15H20N2O2/c1-14(2)11-4-6-15(14,3)12(8-11)19-13(18)10-5-7-16-17-9-10/h5,7,9,11-12H,4,6,8H2,1-3H3. The molecule has 2 bridgehead atoms. The molecule has 2 saturated carbocycles. The molecule has 2 fully saturated rings. The number of aromatic nitrogens is 2. The lowest BCUT2D eigenvalue weighted by Crippen LogP contribution is -2.38. The molecule has 1 aromatic heterocycles. The van der Waals surface area contributed by atoms with Crippen LogP contribution in [-0.2, 0) is 4.74 Å². The third kappa shape index (κ3) is 1.69. The Hall–Kier alpha value is -1.45. The maximum absolute atomic E-state index is 12.1. The van der Waals surface area contributed by atoms with E-state index in [-0.39, 0.29) is 22.9 Å². The fraction of sp³-hybridized carbons (Fsp3) is 0.667. The van der Waals surface area contributed by atoms with E-state index in [2.05, 4.69) is 31.0 Å². The highest BCUT2D eigenvalue weighted by Crippen LogP contribution is 2.66. The minimum atomic E-state index is -0.274. The lowest BCUT2D eigenvalue weighted by molar-refractivity contribution is -0.0243. The summed E-state index contributed by atoms with van der Waals surface area (Å²) in [7, 11) is 0. The molecule has 4 heteroatoms. The van der Waals surface area contributed by atoms with Crippen molar-refractivity contribution in [1.29, 1.82) is 0 Å². The Morgan fingerprint density at radius 3 is 2.68 bits per heavy atom. The number of nitrogens with zero attached hydrogens (tertiary/aromatic N) is 2. The Balaban J connectivity index is 1.78. The molecule has 0 radical (unpaired) electrons. The van der Waals surface area contributed by atoms with E-state index >= 15 is 0 Å². The molecule has 0 N–H and O–H groups in total. The van der Waals surface area contributed by atoms with E-state index in [1.54, 1.807) is 6.07 Å². The van der Waals surface area contributed by atoms with E-state index in [1.807, 2.05) is 0 Å². The van der Waals surface area contributed by atoms with Crippen LogP contribution in [0, 0.1) is 16.7 Å². The van der Waals surface area contributed by atoms with Gasteiger partial charge in [-0.25, -0.2) is 4.79 Å². The van der Waals surface area contributed by atoms with Crippen molar-refractivity contribution in [2.45, 2.75) is 46.1 Å². The summed E-state index contributed by atoms with van der Waals surface area (Å²) in [6, 6.07) is 1.65. The first-order valence-corrected chi connectivity index (χ1v) is 6.93. The molecule has 0 amide bonds. The van der Waals surface area contributed by atoms with E-state index in [1.165, 1.54) is 18.8 Å². The second kappa shape index (κ2) is 4.02. The van der Waals surface area contributed by atoms with Gasteiger partial charge in [0, 0.05) is 5.41 Å². The average molecular weight is 260 g/mol. The molecule has 3 atom stereocenters. The largest absolute Gasteiger partial charge is 0.458 e. The third-order valence-corrected chi connectivity index (χ3v) is 5.78. The minimum Gasteiger partial charge on any atom is -0.458 e. The van der Waals surface area contributed by atoms with Crippen molar-refractivity contribution >= 4 is 5.97 Å². The second-order valence-corrected chi connectivity index (χ2v) is 6.64. The summed E-state index contributed by atoms with van der Waals surface area (Å²) < 4.78 is 5.76. The molecule has 1 aromatic rings. The van der Waals surface area contributed by atoms with Gasteiger partial charge in [0.2, 0.25) is 0 Å². The first kappa shape index (κ1) is 12.6. The Morgan fingerprint density at radius 1 is 1.37 bits per heavy atom. The SMILES string of the molecule is CC1(C)C2CCC1(C)C(OC(=O)c1ccnnc1)C2. The molecule has 19 heavy (non-hydrogen) atoms. The third-order valence-electron chi connectivity index (χ3n) is 5.78. The zero-order chi connectivity index (χ0) is 13.7. The van der Waals surface area contributed by atoms with Crippen LogP contribution in [0.25, 0.3) is 0 Å². The zero-order valence-electron chi connectivity index (χ0n) is 11.7. The monoisotopic (exact) mass is 260 g/mol. The Morgan fingerprint density at radius 2 is 2.16 bits per heavy atom. The average Bonchev–Trinajstić information content (AvgIpc) is 2.73. The van der Waals surface area contributed by atoms with Crippen molar-refractivity contribution in [3.05, 3.63) is 24.0 Å². The van der Waals surface area contributed by atoms with Crippen LogP contribution in [0.5, 0.6) is 0 Å². The molecule has 0 spiro atoms. The smallest absolute Gasteiger partial charge is 0.340 e. The first-order valence-electron chi connectivity index (χ1n) is 6.93. The molecular formula is C15H20N2O2. The number of hydrogen-bond donors (Lipinski definition) is 0. The Labute approximate surface area is 113 Å². The summed E-state index contributed by atoms with van der Waals surface area (Å²) in [5.74, 6) is 0.398. The maximum atomic E-state index is 12.1. The van der Waals surface area contributed by atoms with Gasteiger partial charge in [0.15, 0.2) is 0 Å². The van der Waals surface area contributed by atoms with Gasteiger partial charge < -0.3 is 4.74 Å². The number of ether oxygens (including phenoxy) is 1. The van der Waals surface area contributed by atoms with Gasteiger partial charge >= 0.3 is 5.97 Å². The van der Waals surface area contributed by atoms with Gasteiger partial charge in [-0.15, -0.1) is 0 Å². The second-order valence-electron chi connectivity index (χ2n) is 6.64. The lowest BCUT2D eigenvalue weighted by Gasteiger charge is -2.38. The molecule has 4 nitrogen and oxygen atoms in total. The van der Waals surface area contributed by atoms with Gasteiger partial charge in [0.25, 0.3) is 0 Å². The van der Waals surface area contributed by atoms with Crippen molar-refractivity contribution in [2.75, 3.05) is 0 Å². The summed E-state index contributed by atoms with van der Waals surface area (Å²) in [4.78, 5) is 12.1. The molecule has 3 unspecified atom stereocenters. The van der Waals surface area contributed by atoms with E-state index in [4.69, 9.17) is 4.74 Å². The molecule has 3 rings (SSSR count). The van der Waals surface area contributed by atoms with Crippen LogP contribution >= 0.6 is 0 Å². The molecule has 2 aliphatic carbocycles. The number of rotatable bonds is 2. The molecule has 102 valence electrons. The van der Waals surface area contributed by atoms with Gasteiger partial charge in [-0.2, -0.15) is 10.2 Å². The van der Waals surface area contributed by atoms with E-state index in [0.717, 1.165) is 12.8 Å². The van der Waals surface area contributed by atoms with Crippen LogP contribution in [0.1, 0.15) is 50.4 Å². The number of carbonyl (C=O) groups is 1. The highest BCUT2D eigenvalue weighted by molar-refractivity contribution is 5.89. The Kier molecular flexibility index (Phi) is 2.66. The molecule has 0 saturated heterocycles. The first-order chi connectivity index (χ1) is 8.95. The summed E-state index contributed by atoms with van der Waals surface area (Å²) in [5, 5.41) is 7.40. The van der Waals surface area contributed by atoms with Gasteiger partial charge in [-0.1, -0.05) is 20.8 Å². The number of carbonyl (C=O) groups excluding carboxylic acids is 1. The van der Waals surface area contributed by atoms with Gasteiger partial charge in [0.1, 0.15) is 6.10 Å². The molecule has 0 aliphatic heterocycles. The summed E-state index contributed by atoms with van der Waals surface area (Å²) in [6.45, 7) is 6.89. The van der Waals surface area contributed by atoms with E-state index in [9.17, 15) is 4.79 Å². The summed E-state index contributed by atoms with van der Waals surface area (Å²) in [6.07, 6.45) is 6.41. The van der Waals surface area contributed by atoms with Crippen LogP contribution < -0.4 is 0 Å². The minimum absolute atomic E-state index is 0.0296. The molecule has 1 heterocycles. The highest BCUT2D eigenvalue weighted by atomic mass is 16.5. The quantitative estimate of drug-likeness (QED) is 0.767. The number of hydrogen-bond acceptors (Lipinski definition) is 4. The zero-order valence-corrected chi connectivity index (χ0v) is 11.7. The number of esters is 1. The Bertz CT molecular complexity index is 500. The fourth-order valence-corrected chi connectivity index (χ4v) is 3.92. The van der Waals surface area contributed by atoms with Gasteiger partial charge in [0.05, 0.1) is 18.0 Å². The predicted molar refractivity (Wildman–Crippen MR) is 70.5 cm³/mol. The van der Waals surface area contributed by atoms with Gasteiger partial charge in [-0.05, 0) is 36.7 Å². The predicted octanol–water partition coefficient (Wildman–Crippen LogP) is 2.85. The van der Waals surface area contributed by atoms with Crippen LogP contribution in [0.3, 0.4) is 0 Å². The molecule has 2 aliphatic rings. The van der Waals surface area contributed by atoms with E-state index < -0.39 is 0 Å². The van der Waals surface area contributed by atoms with Crippen molar-refractivity contribution < 1.29 is 9.53 Å². The van der Waals surface area contributed by atoms with Crippen molar-refractivity contribution in [2.24, 2.45) is 16.7 Å². The van der Waals surface area contributed by atoms with Crippen molar-refractivity contribution in [3.8, 4) is 0 Å². The summed E-state index contributed by atoms with van der Waals surface area (Å²) in [5.41, 5.74) is 0.849. The maximum Gasteiger partial charge on any atom is 0.340 e. The van der Waals surface area contributed by atoms with Gasteiger partial charge in [-0.3, -0.25) is 0 Å². The topological polar surface area (TPSA) is 52.1 Å². The van der Waals surface area contributed by atoms with Crippen LogP contribution in [0.15, 0.2) is 18.5 Å².